The fourth-order valence-electron chi connectivity index (χ4n) is 2.50. The maximum absolute atomic E-state index is 12.6. The van der Waals surface area contributed by atoms with Gasteiger partial charge in [-0.2, -0.15) is 0 Å². The summed E-state index contributed by atoms with van der Waals surface area (Å²) in [6.45, 7) is 3.71. The highest BCUT2D eigenvalue weighted by molar-refractivity contribution is 7.13. The molecule has 0 saturated carbocycles. The molecule has 8 heteroatoms. The van der Waals surface area contributed by atoms with E-state index in [2.05, 4.69) is 25.4 Å². The maximum atomic E-state index is 12.6. The highest BCUT2D eigenvalue weighted by Gasteiger charge is 2.15. The number of pyridine rings is 1. The minimum absolute atomic E-state index is 0.270. The molecule has 0 bridgehead atoms. The third-order valence-electron chi connectivity index (χ3n) is 3.75. The molecule has 0 aliphatic carbocycles. The predicted molar refractivity (Wildman–Crippen MR) is 96.0 cm³/mol. The second-order valence-electron chi connectivity index (χ2n) is 5.55. The van der Waals surface area contributed by atoms with Crippen LogP contribution in [0.1, 0.15) is 21.7 Å². The lowest BCUT2D eigenvalue weighted by molar-refractivity contribution is 0.101. The van der Waals surface area contributed by atoms with Crippen molar-refractivity contribution >= 4 is 28.1 Å². The first-order chi connectivity index (χ1) is 12.1. The van der Waals surface area contributed by atoms with Gasteiger partial charge in [0.25, 0.3) is 5.91 Å². The van der Waals surface area contributed by atoms with Crippen molar-refractivity contribution in [2.24, 2.45) is 0 Å². The zero-order valence-electron chi connectivity index (χ0n) is 13.6. The Hall–Kier alpha value is -3.13. The van der Waals surface area contributed by atoms with Gasteiger partial charge in [0.2, 0.25) is 0 Å². The predicted octanol–water partition coefficient (Wildman–Crippen LogP) is 2.95. The van der Waals surface area contributed by atoms with E-state index in [4.69, 9.17) is 0 Å². The molecule has 0 aliphatic rings. The van der Waals surface area contributed by atoms with Crippen molar-refractivity contribution in [3.63, 3.8) is 0 Å². The average molecular weight is 350 g/mol. The standard InChI is InChI=1S/C17H14N6OS/c1-10-9-25-17(20-10)15-19-8-13(11(2)21-15)16(24)22-23-6-4-12-7-18-5-3-14(12)23/h3-9H,1-2H3,(H,22,24). The Balaban J connectivity index is 1.62. The van der Waals surface area contributed by atoms with Gasteiger partial charge in [-0.3, -0.25) is 19.9 Å². The summed E-state index contributed by atoms with van der Waals surface area (Å²) in [5.41, 5.74) is 5.67. The van der Waals surface area contributed by atoms with E-state index in [9.17, 15) is 4.79 Å². The Morgan fingerprint density at radius 3 is 2.84 bits per heavy atom. The summed E-state index contributed by atoms with van der Waals surface area (Å²) in [7, 11) is 0. The normalized spacial score (nSPS) is 11.0. The highest BCUT2D eigenvalue weighted by Crippen LogP contribution is 2.21. The van der Waals surface area contributed by atoms with E-state index in [1.54, 1.807) is 30.2 Å². The lowest BCUT2D eigenvalue weighted by atomic mass is 10.2. The molecule has 0 atom stereocenters. The third-order valence-corrected chi connectivity index (χ3v) is 4.70. The van der Waals surface area contributed by atoms with Gasteiger partial charge in [-0.25, -0.2) is 15.0 Å². The van der Waals surface area contributed by atoms with Gasteiger partial charge in [-0.1, -0.05) is 0 Å². The van der Waals surface area contributed by atoms with Crippen LogP contribution in [-0.4, -0.2) is 30.5 Å². The van der Waals surface area contributed by atoms with Gasteiger partial charge in [0, 0.05) is 41.2 Å². The van der Waals surface area contributed by atoms with Crippen LogP contribution in [0.15, 0.2) is 42.3 Å². The van der Waals surface area contributed by atoms with E-state index in [1.807, 2.05) is 24.4 Å². The minimum atomic E-state index is -0.270. The molecule has 0 unspecified atom stereocenters. The molecule has 1 amide bonds. The summed E-state index contributed by atoms with van der Waals surface area (Å²) in [4.78, 5) is 29.7. The fraction of sp³-hybridized carbons (Fsp3) is 0.118. The highest BCUT2D eigenvalue weighted by atomic mass is 32.1. The number of hydrogen-bond acceptors (Lipinski definition) is 6. The molecule has 0 saturated heterocycles. The van der Waals surface area contributed by atoms with Gasteiger partial charge >= 0.3 is 0 Å². The summed E-state index contributed by atoms with van der Waals surface area (Å²) in [6, 6.07) is 3.73. The molecule has 4 heterocycles. The SMILES string of the molecule is Cc1csc(-c2ncc(C(=O)Nn3ccc4cnccc43)c(C)n2)n1. The quantitative estimate of drug-likeness (QED) is 0.614. The smallest absolute Gasteiger partial charge is 0.267 e. The van der Waals surface area contributed by atoms with Crippen LogP contribution >= 0.6 is 11.3 Å². The number of aromatic nitrogens is 5. The lowest BCUT2D eigenvalue weighted by Gasteiger charge is -2.09. The number of nitrogens with zero attached hydrogens (tertiary/aromatic N) is 5. The molecular formula is C17H14N6OS. The number of fused-ring (bicyclic) bond motifs is 1. The number of carbonyl (C=O) groups is 1. The number of thiazole rings is 1. The molecule has 1 N–H and O–H groups in total. The largest absolute Gasteiger partial charge is 0.273 e. The van der Waals surface area contributed by atoms with Gasteiger partial charge in [0.15, 0.2) is 10.8 Å². The maximum Gasteiger partial charge on any atom is 0.273 e. The number of nitrogens with one attached hydrogen (secondary N) is 1. The van der Waals surface area contributed by atoms with E-state index in [-0.39, 0.29) is 5.91 Å². The van der Waals surface area contributed by atoms with E-state index < -0.39 is 0 Å². The number of amides is 1. The van der Waals surface area contributed by atoms with Crippen LogP contribution in [0.25, 0.3) is 21.7 Å². The first-order valence-electron chi connectivity index (χ1n) is 7.60. The molecular weight excluding hydrogens is 336 g/mol. The number of hydrogen-bond donors (Lipinski definition) is 1. The Bertz CT molecular complexity index is 1080. The van der Waals surface area contributed by atoms with Crippen molar-refractivity contribution in [3.8, 4) is 10.8 Å². The third kappa shape index (κ3) is 2.87. The molecule has 4 aromatic heterocycles. The Morgan fingerprint density at radius 1 is 1.20 bits per heavy atom. The molecule has 0 spiro atoms. The number of aryl methyl sites for hydroxylation is 2. The summed E-state index contributed by atoms with van der Waals surface area (Å²) in [6.07, 6.45) is 6.76. The summed E-state index contributed by atoms with van der Waals surface area (Å²) in [5, 5.41) is 3.64. The molecule has 0 aromatic carbocycles. The van der Waals surface area contributed by atoms with E-state index in [0.29, 0.717) is 17.1 Å². The van der Waals surface area contributed by atoms with Crippen molar-refractivity contribution in [1.29, 1.82) is 0 Å². The van der Waals surface area contributed by atoms with Gasteiger partial charge < -0.3 is 0 Å². The lowest BCUT2D eigenvalue weighted by Crippen LogP contribution is -2.23. The van der Waals surface area contributed by atoms with Gasteiger partial charge in [-0.05, 0) is 26.0 Å². The van der Waals surface area contributed by atoms with E-state index in [0.717, 1.165) is 21.6 Å². The van der Waals surface area contributed by atoms with Crippen molar-refractivity contribution in [2.45, 2.75) is 13.8 Å². The first kappa shape index (κ1) is 15.4. The van der Waals surface area contributed by atoms with Crippen LogP contribution in [0, 0.1) is 13.8 Å². The monoisotopic (exact) mass is 350 g/mol. The number of carbonyl (C=O) groups excluding carboxylic acids is 1. The Kier molecular flexibility index (Phi) is 3.73. The average Bonchev–Trinajstić information content (AvgIpc) is 3.21. The summed E-state index contributed by atoms with van der Waals surface area (Å²) < 4.78 is 1.66. The van der Waals surface area contributed by atoms with Crippen LogP contribution in [-0.2, 0) is 0 Å². The molecule has 25 heavy (non-hydrogen) atoms. The molecule has 4 aromatic rings. The van der Waals surface area contributed by atoms with Crippen LogP contribution in [0.4, 0.5) is 0 Å². The molecule has 0 fully saturated rings. The molecule has 0 aliphatic heterocycles. The molecule has 124 valence electrons. The van der Waals surface area contributed by atoms with Crippen LogP contribution < -0.4 is 5.43 Å². The second-order valence-corrected chi connectivity index (χ2v) is 6.41. The van der Waals surface area contributed by atoms with Crippen molar-refractivity contribution in [3.05, 3.63) is 59.3 Å². The van der Waals surface area contributed by atoms with Crippen molar-refractivity contribution < 1.29 is 4.79 Å². The van der Waals surface area contributed by atoms with Crippen LogP contribution in [0.2, 0.25) is 0 Å². The van der Waals surface area contributed by atoms with E-state index in [1.165, 1.54) is 17.5 Å². The second kappa shape index (κ2) is 6.06. The van der Waals surface area contributed by atoms with Crippen molar-refractivity contribution in [2.75, 3.05) is 5.43 Å². The topological polar surface area (TPSA) is 85.6 Å². The summed E-state index contributed by atoms with van der Waals surface area (Å²) >= 11 is 1.48. The molecule has 7 nitrogen and oxygen atoms in total. The number of rotatable bonds is 3. The fourth-order valence-corrected chi connectivity index (χ4v) is 3.23. The zero-order valence-corrected chi connectivity index (χ0v) is 14.4. The van der Waals surface area contributed by atoms with Gasteiger partial charge in [0.05, 0.1) is 16.8 Å². The van der Waals surface area contributed by atoms with E-state index >= 15 is 0 Å². The Morgan fingerprint density at radius 2 is 2.08 bits per heavy atom. The van der Waals surface area contributed by atoms with Crippen molar-refractivity contribution in [1.82, 2.24) is 24.6 Å². The first-order valence-corrected chi connectivity index (χ1v) is 8.48. The Labute approximate surface area is 147 Å². The zero-order chi connectivity index (χ0) is 17.4. The summed E-state index contributed by atoms with van der Waals surface area (Å²) in [5.74, 6) is 0.262. The van der Waals surface area contributed by atoms with Gasteiger partial charge in [-0.15, -0.1) is 11.3 Å². The van der Waals surface area contributed by atoms with Crippen LogP contribution in [0.5, 0.6) is 0 Å². The molecule has 4 rings (SSSR count). The van der Waals surface area contributed by atoms with Crippen LogP contribution in [0.3, 0.4) is 0 Å². The molecule has 0 radical (unpaired) electrons. The minimum Gasteiger partial charge on any atom is -0.267 e. The van der Waals surface area contributed by atoms with Gasteiger partial charge in [0.1, 0.15) is 0 Å².